The van der Waals surface area contributed by atoms with Crippen molar-refractivity contribution in [2.75, 3.05) is 18.8 Å². The van der Waals surface area contributed by atoms with Crippen molar-refractivity contribution in [1.82, 2.24) is 4.90 Å². The fourth-order valence-electron chi connectivity index (χ4n) is 1.77. The first-order valence-corrected chi connectivity index (χ1v) is 6.58. The molecule has 98 valence electrons. The van der Waals surface area contributed by atoms with Crippen molar-refractivity contribution in [3.8, 4) is 0 Å². The van der Waals surface area contributed by atoms with E-state index in [-0.39, 0.29) is 11.7 Å². The predicted octanol–water partition coefficient (Wildman–Crippen LogP) is 1.65. The van der Waals surface area contributed by atoms with Crippen molar-refractivity contribution < 1.29 is 18.7 Å². The van der Waals surface area contributed by atoms with Gasteiger partial charge in [-0.1, -0.05) is 0 Å². The van der Waals surface area contributed by atoms with Crippen LogP contribution >= 0.6 is 11.8 Å². The summed E-state index contributed by atoms with van der Waals surface area (Å²) in [5, 5.41) is 9.31. The van der Waals surface area contributed by atoms with Gasteiger partial charge >= 0.3 is 0 Å². The zero-order valence-electron chi connectivity index (χ0n) is 9.60. The van der Waals surface area contributed by atoms with Gasteiger partial charge in [0.2, 0.25) is 5.91 Å². The van der Waals surface area contributed by atoms with E-state index < -0.39 is 17.7 Å². The number of thioether (sulfide) groups is 1. The SMILES string of the molecule is O=C(CSc1ccc(F)c(F)c1)N1CCC(O)C1. The number of carbonyl (C=O) groups excluding carboxylic acids is 1. The summed E-state index contributed by atoms with van der Waals surface area (Å²) >= 11 is 1.16. The number of carbonyl (C=O) groups is 1. The van der Waals surface area contributed by atoms with Crippen LogP contribution in [0.3, 0.4) is 0 Å². The van der Waals surface area contributed by atoms with Crippen LogP contribution in [0.1, 0.15) is 6.42 Å². The summed E-state index contributed by atoms with van der Waals surface area (Å²) in [6.07, 6.45) is 0.156. The van der Waals surface area contributed by atoms with E-state index in [0.29, 0.717) is 24.4 Å². The number of aliphatic hydroxyl groups excluding tert-OH is 1. The monoisotopic (exact) mass is 273 g/mol. The number of benzene rings is 1. The first kappa shape index (κ1) is 13.3. The van der Waals surface area contributed by atoms with Gasteiger partial charge in [0.1, 0.15) is 0 Å². The lowest BCUT2D eigenvalue weighted by atomic mass is 10.3. The van der Waals surface area contributed by atoms with E-state index >= 15 is 0 Å². The third kappa shape index (κ3) is 3.20. The first-order valence-electron chi connectivity index (χ1n) is 5.60. The number of halogens is 2. The van der Waals surface area contributed by atoms with Crippen molar-refractivity contribution in [3.05, 3.63) is 29.8 Å². The number of rotatable bonds is 3. The van der Waals surface area contributed by atoms with Crippen LogP contribution in [-0.4, -0.2) is 40.9 Å². The number of amides is 1. The van der Waals surface area contributed by atoms with Gasteiger partial charge < -0.3 is 10.0 Å². The van der Waals surface area contributed by atoms with Crippen LogP contribution in [0.2, 0.25) is 0 Å². The minimum Gasteiger partial charge on any atom is -0.391 e. The normalized spacial score (nSPS) is 19.3. The summed E-state index contributed by atoms with van der Waals surface area (Å²) in [7, 11) is 0. The van der Waals surface area contributed by atoms with E-state index in [2.05, 4.69) is 0 Å². The number of hydrogen-bond donors (Lipinski definition) is 1. The van der Waals surface area contributed by atoms with Crippen LogP contribution in [0.5, 0.6) is 0 Å². The maximum atomic E-state index is 12.9. The average molecular weight is 273 g/mol. The third-order valence-corrected chi connectivity index (χ3v) is 3.75. The van der Waals surface area contributed by atoms with Gasteiger partial charge in [-0.2, -0.15) is 0 Å². The van der Waals surface area contributed by atoms with Crippen LogP contribution in [0.4, 0.5) is 8.78 Å². The summed E-state index contributed by atoms with van der Waals surface area (Å²) < 4.78 is 25.6. The Morgan fingerprint density at radius 3 is 2.83 bits per heavy atom. The quantitative estimate of drug-likeness (QED) is 0.851. The van der Waals surface area contributed by atoms with Gasteiger partial charge in [-0.25, -0.2) is 8.78 Å². The second-order valence-corrected chi connectivity index (χ2v) is 5.20. The summed E-state index contributed by atoms with van der Waals surface area (Å²) in [4.78, 5) is 13.8. The Bertz CT molecular complexity index is 456. The van der Waals surface area contributed by atoms with Crippen molar-refractivity contribution in [3.63, 3.8) is 0 Å². The van der Waals surface area contributed by atoms with Gasteiger partial charge in [0, 0.05) is 18.0 Å². The standard InChI is InChI=1S/C12H13F2NO2S/c13-10-2-1-9(5-11(10)14)18-7-12(17)15-4-3-8(16)6-15/h1-2,5,8,16H,3-4,6-7H2. The fraction of sp³-hybridized carbons (Fsp3) is 0.417. The molecule has 0 saturated carbocycles. The Kier molecular flexibility index (Phi) is 4.19. The highest BCUT2D eigenvalue weighted by Crippen LogP contribution is 2.21. The topological polar surface area (TPSA) is 40.5 Å². The lowest BCUT2D eigenvalue weighted by Crippen LogP contribution is -2.30. The predicted molar refractivity (Wildman–Crippen MR) is 64.3 cm³/mol. The first-order chi connectivity index (χ1) is 8.56. The highest BCUT2D eigenvalue weighted by atomic mass is 32.2. The van der Waals surface area contributed by atoms with Gasteiger partial charge in [-0.3, -0.25) is 4.79 Å². The van der Waals surface area contributed by atoms with E-state index in [1.807, 2.05) is 0 Å². The molecule has 1 heterocycles. The van der Waals surface area contributed by atoms with E-state index in [0.717, 1.165) is 23.9 Å². The number of nitrogens with zero attached hydrogens (tertiary/aromatic N) is 1. The number of β-amino-alcohol motifs (C(OH)–C–C–N with tert-alkyl or cyclic N) is 1. The molecule has 1 aliphatic rings. The molecule has 1 aromatic rings. The highest BCUT2D eigenvalue weighted by Gasteiger charge is 2.24. The van der Waals surface area contributed by atoms with Gasteiger partial charge in [-0.15, -0.1) is 11.8 Å². The molecule has 0 radical (unpaired) electrons. The Morgan fingerprint density at radius 2 is 2.22 bits per heavy atom. The van der Waals surface area contributed by atoms with Crippen molar-refractivity contribution in [1.29, 1.82) is 0 Å². The van der Waals surface area contributed by atoms with Gasteiger partial charge in [0.25, 0.3) is 0 Å². The second kappa shape index (κ2) is 5.67. The Balaban J connectivity index is 1.87. The molecule has 3 nitrogen and oxygen atoms in total. The Morgan fingerprint density at radius 1 is 1.44 bits per heavy atom. The minimum atomic E-state index is -0.913. The molecule has 0 aliphatic carbocycles. The van der Waals surface area contributed by atoms with Gasteiger partial charge in [0.05, 0.1) is 11.9 Å². The number of hydrogen-bond acceptors (Lipinski definition) is 3. The zero-order valence-corrected chi connectivity index (χ0v) is 10.4. The molecule has 2 rings (SSSR count). The molecule has 1 saturated heterocycles. The molecular formula is C12H13F2NO2S. The average Bonchev–Trinajstić information content (AvgIpc) is 2.77. The Labute approximate surface area is 108 Å². The lowest BCUT2D eigenvalue weighted by Gasteiger charge is -2.14. The number of likely N-dealkylation sites (tertiary alicyclic amines) is 1. The van der Waals surface area contributed by atoms with E-state index in [4.69, 9.17) is 0 Å². The molecule has 0 spiro atoms. The van der Waals surface area contributed by atoms with Gasteiger partial charge in [0.15, 0.2) is 11.6 Å². The zero-order chi connectivity index (χ0) is 13.1. The highest BCUT2D eigenvalue weighted by molar-refractivity contribution is 8.00. The molecule has 0 aromatic heterocycles. The summed E-state index contributed by atoms with van der Waals surface area (Å²) in [5.41, 5.74) is 0. The van der Waals surface area contributed by atoms with E-state index in [1.165, 1.54) is 6.07 Å². The molecule has 6 heteroatoms. The molecule has 18 heavy (non-hydrogen) atoms. The largest absolute Gasteiger partial charge is 0.391 e. The van der Waals surface area contributed by atoms with Crippen LogP contribution in [-0.2, 0) is 4.79 Å². The maximum Gasteiger partial charge on any atom is 0.233 e. The molecule has 1 amide bonds. The lowest BCUT2D eigenvalue weighted by molar-refractivity contribution is -0.127. The summed E-state index contributed by atoms with van der Waals surface area (Å²) in [6, 6.07) is 3.56. The molecule has 1 N–H and O–H groups in total. The van der Waals surface area contributed by atoms with Crippen LogP contribution < -0.4 is 0 Å². The van der Waals surface area contributed by atoms with Crippen LogP contribution in [0, 0.1) is 11.6 Å². The van der Waals surface area contributed by atoms with E-state index in [1.54, 1.807) is 4.90 Å². The molecule has 1 fully saturated rings. The van der Waals surface area contributed by atoms with E-state index in [9.17, 15) is 18.7 Å². The van der Waals surface area contributed by atoms with Crippen molar-refractivity contribution >= 4 is 17.7 Å². The smallest absolute Gasteiger partial charge is 0.233 e. The van der Waals surface area contributed by atoms with Crippen molar-refractivity contribution in [2.45, 2.75) is 17.4 Å². The summed E-state index contributed by atoms with van der Waals surface area (Å²) in [6.45, 7) is 0.912. The van der Waals surface area contributed by atoms with Crippen LogP contribution in [0.25, 0.3) is 0 Å². The molecule has 1 aromatic carbocycles. The van der Waals surface area contributed by atoms with Crippen LogP contribution in [0.15, 0.2) is 23.1 Å². The maximum absolute atomic E-state index is 12.9. The number of aliphatic hydroxyl groups is 1. The fourth-order valence-corrected chi connectivity index (χ4v) is 2.60. The molecule has 1 aliphatic heterocycles. The second-order valence-electron chi connectivity index (χ2n) is 4.15. The third-order valence-electron chi connectivity index (χ3n) is 2.77. The van der Waals surface area contributed by atoms with Gasteiger partial charge in [-0.05, 0) is 24.6 Å². The minimum absolute atomic E-state index is 0.0960. The Hall–Kier alpha value is -1.14. The van der Waals surface area contributed by atoms with Crippen molar-refractivity contribution in [2.24, 2.45) is 0 Å². The molecule has 1 unspecified atom stereocenters. The molecular weight excluding hydrogens is 260 g/mol. The summed E-state index contributed by atoms with van der Waals surface area (Å²) in [5.74, 6) is -1.74. The molecule has 1 atom stereocenters. The molecule has 0 bridgehead atoms.